The lowest BCUT2D eigenvalue weighted by molar-refractivity contribution is -0.118. The van der Waals surface area contributed by atoms with Gasteiger partial charge in [-0.2, -0.15) is 0 Å². The van der Waals surface area contributed by atoms with E-state index in [4.69, 9.17) is 9.47 Å². The van der Waals surface area contributed by atoms with Crippen LogP contribution in [-0.4, -0.2) is 48.7 Å². The van der Waals surface area contributed by atoms with Gasteiger partial charge in [0.25, 0.3) is 5.24 Å². The molecule has 2 aromatic carbocycles. The SMILES string of the molecule is CCOC(=O)c1cccc2c1N(CCCOc1ccc(CC3SC(=O)NC3=O)cc1)CC2. The Morgan fingerprint density at radius 2 is 2.00 bits per heavy atom. The van der Waals surface area contributed by atoms with E-state index in [9.17, 15) is 14.4 Å². The van der Waals surface area contributed by atoms with Crippen molar-refractivity contribution in [1.29, 1.82) is 0 Å². The molecule has 32 heavy (non-hydrogen) atoms. The van der Waals surface area contributed by atoms with E-state index in [1.807, 2.05) is 43.3 Å². The summed E-state index contributed by atoms with van der Waals surface area (Å²) in [5.74, 6) is 0.266. The van der Waals surface area contributed by atoms with Crippen LogP contribution in [0.2, 0.25) is 0 Å². The molecule has 0 radical (unpaired) electrons. The van der Waals surface area contributed by atoms with E-state index in [0.29, 0.717) is 25.2 Å². The predicted molar refractivity (Wildman–Crippen MR) is 123 cm³/mol. The van der Waals surface area contributed by atoms with Gasteiger partial charge in [-0.25, -0.2) is 4.79 Å². The van der Waals surface area contributed by atoms with Gasteiger partial charge >= 0.3 is 5.97 Å². The Hall–Kier alpha value is -3.00. The fourth-order valence-electron chi connectivity index (χ4n) is 4.04. The Balaban J connectivity index is 1.27. The third kappa shape index (κ3) is 5.07. The van der Waals surface area contributed by atoms with Crippen molar-refractivity contribution in [2.24, 2.45) is 0 Å². The molecule has 2 aliphatic rings. The molecule has 8 heteroatoms. The highest BCUT2D eigenvalue weighted by atomic mass is 32.2. The van der Waals surface area contributed by atoms with Crippen LogP contribution in [0.15, 0.2) is 42.5 Å². The number of rotatable bonds is 9. The molecule has 2 aromatic rings. The van der Waals surface area contributed by atoms with E-state index in [-0.39, 0.29) is 22.4 Å². The maximum absolute atomic E-state index is 12.3. The van der Waals surface area contributed by atoms with Crippen molar-refractivity contribution in [3.63, 3.8) is 0 Å². The number of carbonyl (C=O) groups excluding carboxylic acids is 3. The van der Waals surface area contributed by atoms with Crippen LogP contribution in [0, 0.1) is 0 Å². The number of hydrogen-bond donors (Lipinski definition) is 1. The Morgan fingerprint density at radius 1 is 1.19 bits per heavy atom. The number of imide groups is 1. The summed E-state index contributed by atoms with van der Waals surface area (Å²) in [5.41, 5.74) is 3.79. The summed E-state index contributed by atoms with van der Waals surface area (Å²) >= 11 is 1.04. The topological polar surface area (TPSA) is 84.9 Å². The van der Waals surface area contributed by atoms with Crippen molar-refractivity contribution in [3.05, 3.63) is 59.2 Å². The van der Waals surface area contributed by atoms with Crippen molar-refractivity contribution in [2.75, 3.05) is 31.2 Å². The minimum absolute atomic E-state index is 0.227. The second-order valence-electron chi connectivity index (χ2n) is 7.70. The molecule has 0 saturated carbocycles. The number of ether oxygens (including phenoxy) is 2. The summed E-state index contributed by atoms with van der Waals surface area (Å²) in [7, 11) is 0. The number of nitrogens with zero attached hydrogens (tertiary/aromatic N) is 1. The molecule has 168 valence electrons. The average molecular weight is 455 g/mol. The fraction of sp³-hybridized carbons (Fsp3) is 0.375. The number of carbonyl (C=O) groups is 3. The van der Waals surface area contributed by atoms with Gasteiger partial charge in [-0.1, -0.05) is 36.0 Å². The molecule has 4 rings (SSSR count). The maximum atomic E-state index is 12.3. The summed E-state index contributed by atoms with van der Waals surface area (Å²) in [6.07, 6.45) is 2.26. The first-order chi connectivity index (χ1) is 15.5. The fourth-order valence-corrected chi connectivity index (χ4v) is 4.90. The van der Waals surface area contributed by atoms with Gasteiger partial charge in [-0.05, 0) is 55.5 Å². The van der Waals surface area contributed by atoms with E-state index in [1.54, 1.807) is 0 Å². The summed E-state index contributed by atoms with van der Waals surface area (Å²) in [5, 5.41) is 1.66. The predicted octanol–water partition coefficient (Wildman–Crippen LogP) is 3.59. The Labute approximate surface area is 191 Å². The molecular weight excluding hydrogens is 428 g/mol. The van der Waals surface area contributed by atoms with Gasteiger partial charge in [0.15, 0.2) is 0 Å². The van der Waals surface area contributed by atoms with Gasteiger partial charge in [0.05, 0.1) is 29.7 Å². The zero-order chi connectivity index (χ0) is 22.5. The molecular formula is C24H26N2O5S. The first-order valence-electron chi connectivity index (χ1n) is 10.8. The normalized spacial score (nSPS) is 17.3. The Morgan fingerprint density at radius 3 is 2.72 bits per heavy atom. The molecule has 7 nitrogen and oxygen atoms in total. The number of anilines is 1. The largest absolute Gasteiger partial charge is 0.494 e. The number of hydrogen-bond acceptors (Lipinski definition) is 7. The number of esters is 1. The zero-order valence-corrected chi connectivity index (χ0v) is 18.8. The summed E-state index contributed by atoms with van der Waals surface area (Å²) in [6.45, 7) is 4.41. The maximum Gasteiger partial charge on any atom is 0.340 e. The lowest BCUT2D eigenvalue weighted by Crippen LogP contribution is -2.25. The van der Waals surface area contributed by atoms with Crippen molar-refractivity contribution < 1.29 is 23.9 Å². The minimum atomic E-state index is -0.364. The number of para-hydroxylation sites is 1. The van der Waals surface area contributed by atoms with Crippen molar-refractivity contribution >= 4 is 34.6 Å². The lowest BCUT2D eigenvalue weighted by Gasteiger charge is -2.21. The number of amides is 2. The molecule has 1 atom stereocenters. The first kappa shape index (κ1) is 22.2. The van der Waals surface area contributed by atoms with Crippen LogP contribution < -0.4 is 15.0 Å². The van der Waals surface area contributed by atoms with Gasteiger partial charge in [0, 0.05) is 13.1 Å². The Bertz CT molecular complexity index is 1010. The molecule has 2 aliphatic heterocycles. The third-order valence-electron chi connectivity index (χ3n) is 5.53. The van der Waals surface area contributed by atoms with Crippen LogP contribution >= 0.6 is 11.8 Å². The number of fused-ring (bicyclic) bond motifs is 1. The van der Waals surface area contributed by atoms with E-state index in [2.05, 4.69) is 16.3 Å². The molecule has 0 aromatic heterocycles. The van der Waals surface area contributed by atoms with Gasteiger partial charge < -0.3 is 14.4 Å². The molecule has 1 fully saturated rings. The smallest absolute Gasteiger partial charge is 0.340 e. The number of thioether (sulfide) groups is 1. The highest BCUT2D eigenvalue weighted by Crippen LogP contribution is 2.32. The molecule has 0 bridgehead atoms. The van der Waals surface area contributed by atoms with Crippen LogP contribution in [0.5, 0.6) is 5.75 Å². The van der Waals surface area contributed by atoms with E-state index < -0.39 is 0 Å². The molecule has 1 unspecified atom stereocenters. The molecule has 2 amide bonds. The summed E-state index contributed by atoms with van der Waals surface area (Å²) in [4.78, 5) is 37.5. The Kier molecular flexibility index (Phi) is 6.99. The quantitative estimate of drug-likeness (QED) is 0.458. The van der Waals surface area contributed by atoms with Crippen molar-refractivity contribution in [2.45, 2.75) is 31.4 Å². The van der Waals surface area contributed by atoms with Crippen LogP contribution in [0.1, 0.15) is 34.8 Å². The monoisotopic (exact) mass is 454 g/mol. The van der Waals surface area contributed by atoms with Crippen LogP contribution in [0.25, 0.3) is 0 Å². The molecule has 1 N–H and O–H groups in total. The number of nitrogens with one attached hydrogen (secondary N) is 1. The van der Waals surface area contributed by atoms with E-state index in [0.717, 1.165) is 54.7 Å². The first-order valence-corrected chi connectivity index (χ1v) is 11.7. The average Bonchev–Trinajstić information content (AvgIpc) is 3.34. The molecule has 2 heterocycles. The second kappa shape index (κ2) is 10.1. The highest BCUT2D eigenvalue weighted by Gasteiger charge is 2.31. The molecule has 0 aliphatic carbocycles. The van der Waals surface area contributed by atoms with Crippen LogP contribution in [0.3, 0.4) is 0 Å². The summed E-state index contributed by atoms with van der Waals surface area (Å²) in [6, 6.07) is 13.4. The van der Waals surface area contributed by atoms with Gasteiger partial charge in [-0.3, -0.25) is 14.9 Å². The van der Waals surface area contributed by atoms with Gasteiger partial charge in [-0.15, -0.1) is 0 Å². The molecule has 1 saturated heterocycles. The minimum Gasteiger partial charge on any atom is -0.494 e. The molecule has 0 spiro atoms. The summed E-state index contributed by atoms with van der Waals surface area (Å²) < 4.78 is 11.1. The highest BCUT2D eigenvalue weighted by molar-refractivity contribution is 8.15. The zero-order valence-electron chi connectivity index (χ0n) is 18.0. The second-order valence-corrected chi connectivity index (χ2v) is 8.88. The lowest BCUT2D eigenvalue weighted by atomic mass is 10.1. The van der Waals surface area contributed by atoms with Crippen LogP contribution in [0.4, 0.5) is 10.5 Å². The van der Waals surface area contributed by atoms with Gasteiger partial charge in [0.2, 0.25) is 5.91 Å². The van der Waals surface area contributed by atoms with E-state index >= 15 is 0 Å². The standard InChI is InChI=1S/C24H26N2O5S/c1-2-30-23(28)19-6-3-5-17-11-13-26(21(17)19)12-4-14-31-18-9-7-16(8-10-18)15-20-22(27)25-24(29)32-20/h3,5-10,20H,2,4,11-15H2,1H3,(H,25,27,29). The number of benzene rings is 2. The third-order valence-corrected chi connectivity index (χ3v) is 6.52. The van der Waals surface area contributed by atoms with E-state index in [1.165, 1.54) is 5.56 Å². The van der Waals surface area contributed by atoms with Crippen molar-refractivity contribution in [3.8, 4) is 5.75 Å². The van der Waals surface area contributed by atoms with Crippen molar-refractivity contribution in [1.82, 2.24) is 5.32 Å². The van der Waals surface area contributed by atoms with Gasteiger partial charge in [0.1, 0.15) is 5.75 Å². The van der Waals surface area contributed by atoms with Crippen LogP contribution in [-0.2, 0) is 22.4 Å².